The Bertz CT molecular complexity index is 704. The maximum absolute atomic E-state index is 12.1. The van der Waals surface area contributed by atoms with E-state index >= 15 is 0 Å². The summed E-state index contributed by atoms with van der Waals surface area (Å²) >= 11 is 0. The highest BCUT2D eigenvalue weighted by Crippen LogP contribution is 2.34. The topological polar surface area (TPSA) is 93.3 Å². The van der Waals surface area contributed by atoms with Gasteiger partial charge in [0.15, 0.2) is 0 Å². The molecular formula is C14H15N3O4. The van der Waals surface area contributed by atoms with Gasteiger partial charge in [-0.1, -0.05) is 0 Å². The second kappa shape index (κ2) is 6.08. The van der Waals surface area contributed by atoms with Gasteiger partial charge in [0.1, 0.15) is 17.2 Å². The Morgan fingerprint density at radius 2 is 1.95 bits per heavy atom. The molecular weight excluding hydrogens is 274 g/mol. The first-order valence-corrected chi connectivity index (χ1v) is 6.15. The van der Waals surface area contributed by atoms with Gasteiger partial charge in [0.2, 0.25) is 0 Å². The molecule has 2 N–H and O–H groups in total. The minimum atomic E-state index is -0.450. The van der Waals surface area contributed by atoms with Gasteiger partial charge in [-0.2, -0.15) is 5.10 Å². The first-order chi connectivity index (χ1) is 10.1. The molecule has 1 aromatic carbocycles. The van der Waals surface area contributed by atoms with Crippen molar-refractivity contribution >= 4 is 11.6 Å². The molecule has 0 fully saturated rings. The second-order valence-electron chi connectivity index (χ2n) is 4.23. The third-order valence-corrected chi connectivity index (χ3v) is 2.94. The molecule has 1 heterocycles. The number of carbonyl (C=O) groups is 1. The summed E-state index contributed by atoms with van der Waals surface area (Å²) in [5.74, 6) is 0.716. The van der Waals surface area contributed by atoms with Crippen LogP contribution in [0.4, 0.5) is 5.69 Å². The van der Waals surface area contributed by atoms with Gasteiger partial charge in [0.25, 0.3) is 11.5 Å². The van der Waals surface area contributed by atoms with Crippen molar-refractivity contribution in [1.82, 2.24) is 10.2 Å². The van der Waals surface area contributed by atoms with E-state index in [4.69, 9.17) is 9.47 Å². The van der Waals surface area contributed by atoms with Crippen molar-refractivity contribution in [3.8, 4) is 11.5 Å². The molecule has 0 unspecified atom stereocenters. The Morgan fingerprint density at radius 1 is 1.19 bits per heavy atom. The van der Waals surface area contributed by atoms with Gasteiger partial charge in [-0.3, -0.25) is 9.59 Å². The molecule has 7 heteroatoms. The zero-order valence-corrected chi connectivity index (χ0v) is 11.9. The molecule has 0 aliphatic rings. The van der Waals surface area contributed by atoms with Crippen molar-refractivity contribution in [1.29, 1.82) is 0 Å². The number of benzene rings is 1. The van der Waals surface area contributed by atoms with E-state index in [0.717, 1.165) is 5.56 Å². The minimum absolute atomic E-state index is 0.102. The van der Waals surface area contributed by atoms with Crippen LogP contribution in [0.15, 0.2) is 29.1 Å². The summed E-state index contributed by atoms with van der Waals surface area (Å²) in [7, 11) is 3.07. The summed E-state index contributed by atoms with van der Waals surface area (Å²) in [4.78, 5) is 23.0. The van der Waals surface area contributed by atoms with E-state index in [-0.39, 0.29) is 11.3 Å². The molecule has 2 aromatic rings. The molecule has 0 atom stereocenters. The predicted octanol–water partition coefficient (Wildman–Crippen LogP) is 1.35. The van der Waals surface area contributed by atoms with Crippen LogP contribution in [0, 0.1) is 6.92 Å². The van der Waals surface area contributed by atoms with Crippen LogP contribution in [0.1, 0.15) is 16.1 Å². The number of nitrogens with one attached hydrogen (secondary N) is 2. The molecule has 1 amide bonds. The van der Waals surface area contributed by atoms with Crippen molar-refractivity contribution < 1.29 is 14.3 Å². The van der Waals surface area contributed by atoms with Gasteiger partial charge >= 0.3 is 0 Å². The fourth-order valence-electron chi connectivity index (χ4n) is 1.91. The molecule has 1 aromatic heterocycles. The normalized spacial score (nSPS) is 10.0. The minimum Gasteiger partial charge on any atom is -0.496 e. The maximum atomic E-state index is 12.1. The lowest BCUT2D eigenvalue weighted by Gasteiger charge is -2.14. The van der Waals surface area contributed by atoms with Crippen LogP contribution in [0.5, 0.6) is 11.5 Å². The first kappa shape index (κ1) is 14.6. The first-order valence-electron chi connectivity index (χ1n) is 6.15. The SMILES string of the molecule is COc1ccc(NC(=O)c2ccc(=O)[nH]n2)c(OC)c1C. The number of nitrogens with zero attached hydrogens (tertiary/aromatic N) is 1. The maximum Gasteiger partial charge on any atom is 0.276 e. The van der Waals surface area contributed by atoms with E-state index < -0.39 is 5.91 Å². The van der Waals surface area contributed by atoms with E-state index in [2.05, 4.69) is 15.5 Å². The fourth-order valence-corrected chi connectivity index (χ4v) is 1.91. The zero-order chi connectivity index (χ0) is 15.4. The molecule has 110 valence electrons. The Labute approximate surface area is 120 Å². The second-order valence-corrected chi connectivity index (χ2v) is 4.23. The van der Waals surface area contributed by atoms with E-state index in [9.17, 15) is 9.59 Å². The highest BCUT2D eigenvalue weighted by atomic mass is 16.5. The highest BCUT2D eigenvalue weighted by molar-refractivity contribution is 6.03. The average Bonchev–Trinajstić information content (AvgIpc) is 2.48. The highest BCUT2D eigenvalue weighted by Gasteiger charge is 2.15. The van der Waals surface area contributed by atoms with Gasteiger partial charge in [0.05, 0.1) is 19.9 Å². The Morgan fingerprint density at radius 3 is 2.52 bits per heavy atom. The standard InChI is InChI=1S/C14H15N3O4/c1-8-11(20-2)6-4-9(13(8)21-3)15-14(19)10-5-7-12(18)17-16-10/h4-7H,1-3H3,(H,15,19)(H,17,18). The number of hydrogen-bond acceptors (Lipinski definition) is 5. The van der Waals surface area contributed by atoms with Crippen LogP contribution in [0.2, 0.25) is 0 Å². The lowest BCUT2D eigenvalue weighted by molar-refractivity contribution is 0.102. The van der Waals surface area contributed by atoms with Crippen molar-refractivity contribution in [2.24, 2.45) is 0 Å². The zero-order valence-electron chi connectivity index (χ0n) is 11.9. The van der Waals surface area contributed by atoms with Gasteiger partial charge in [0, 0.05) is 11.6 Å². The number of anilines is 1. The summed E-state index contributed by atoms with van der Waals surface area (Å²) in [6.07, 6.45) is 0. The molecule has 21 heavy (non-hydrogen) atoms. The summed E-state index contributed by atoms with van der Waals surface area (Å²) < 4.78 is 10.5. The molecule has 0 aliphatic heterocycles. The van der Waals surface area contributed by atoms with Crippen molar-refractivity contribution in [3.63, 3.8) is 0 Å². The van der Waals surface area contributed by atoms with Crippen LogP contribution in [-0.4, -0.2) is 30.3 Å². The van der Waals surface area contributed by atoms with E-state index in [1.807, 2.05) is 6.92 Å². The van der Waals surface area contributed by atoms with E-state index in [1.54, 1.807) is 19.2 Å². The largest absolute Gasteiger partial charge is 0.496 e. The average molecular weight is 289 g/mol. The van der Waals surface area contributed by atoms with Crippen molar-refractivity contribution in [2.45, 2.75) is 6.92 Å². The van der Waals surface area contributed by atoms with Gasteiger partial charge < -0.3 is 14.8 Å². The molecule has 0 bridgehead atoms. The number of aromatic nitrogens is 2. The smallest absolute Gasteiger partial charge is 0.276 e. The number of aromatic amines is 1. The van der Waals surface area contributed by atoms with Gasteiger partial charge in [-0.05, 0) is 25.1 Å². The number of H-pyrrole nitrogens is 1. The van der Waals surface area contributed by atoms with Crippen LogP contribution < -0.4 is 20.3 Å². The molecule has 0 aliphatic carbocycles. The summed E-state index contributed by atoms with van der Waals surface area (Å²) in [6.45, 7) is 1.82. The molecule has 0 saturated heterocycles. The predicted molar refractivity (Wildman–Crippen MR) is 77.1 cm³/mol. The Kier molecular flexibility index (Phi) is 4.22. The summed E-state index contributed by atoms with van der Waals surface area (Å²) in [5.41, 5.74) is 0.996. The van der Waals surface area contributed by atoms with Gasteiger partial charge in [-0.25, -0.2) is 5.10 Å². The number of ether oxygens (including phenoxy) is 2. The lowest BCUT2D eigenvalue weighted by Crippen LogP contribution is -2.18. The number of rotatable bonds is 4. The van der Waals surface area contributed by atoms with Crippen LogP contribution in [0.25, 0.3) is 0 Å². The third kappa shape index (κ3) is 3.02. The monoisotopic (exact) mass is 289 g/mol. The van der Waals surface area contributed by atoms with Crippen LogP contribution in [-0.2, 0) is 0 Å². The van der Waals surface area contributed by atoms with Gasteiger partial charge in [-0.15, -0.1) is 0 Å². The number of methoxy groups -OCH3 is 2. The lowest BCUT2D eigenvalue weighted by atomic mass is 10.1. The number of hydrogen-bond donors (Lipinski definition) is 2. The van der Waals surface area contributed by atoms with Crippen LogP contribution in [0.3, 0.4) is 0 Å². The summed E-state index contributed by atoms with van der Waals surface area (Å²) in [6, 6.07) is 5.98. The molecule has 0 saturated carbocycles. The third-order valence-electron chi connectivity index (χ3n) is 2.94. The fraction of sp³-hybridized carbons (Fsp3) is 0.214. The molecule has 2 rings (SSSR count). The molecule has 0 radical (unpaired) electrons. The van der Waals surface area contributed by atoms with E-state index in [0.29, 0.717) is 17.2 Å². The van der Waals surface area contributed by atoms with Crippen molar-refractivity contribution in [3.05, 3.63) is 45.9 Å². The summed E-state index contributed by atoms with van der Waals surface area (Å²) in [5, 5.41) is 8.56. The van der Waals surface area contributed by atoms with Crippen LogP contribution >= 0.6 is 0 Å². The van der Waals surface area contributed by atoms with E-state index in [1.165, 1.54) is 19.2 Å². The number of amides is 1. The van der Waals surface area contributed by atoms with Crippen molar-refractivity contribution in [2.75, 3.05) is 19.5 Å². The number of carbonyl (C=O) groups excluding carboxylic acids is 1. The molecule has 7 nitrogen and oxygen atoms in total. The Balaban J connectivity index is 2.31. The Hall–Kier alpha value is -2.83. The molecule has 0 spiro atoms. The quantitative estimate of drug-likeness (QED) is 0.886.